The molecular weight excluding hydrogens is 481 g/mol. The zero-order chi connectivity index (χ0) is 26.9. The minimum atomic E-state index is -3.54. The largest absolute Gasteiger partial charge is 0.354 e. The summed E-state index contributed by atoms with van der Waals surface area (Å²) in [5.74, 6) is -0.669. The molecule has 0 spiro atoms. The molecule has 7 nitrogen and oxygen atoms in total. The van der Waals surface area contributed by atoms with Crippen molar-refractivity contribution in [3.05, 3.63) is 65.5 Å². The molecule has 0 aromatic heterocycles. The summed E-state index contributed by atoms with van der Waals surface area (Å²) >= 11 is 0. The normalized spacial score (nSPS) is 12.3. The number of carbonyl (C=O) groups is 2. The van der Waals surface area contributed by atoms with Crippen LogP contribution >= 0.6 is 0 Å². The van der Waals surface area contributed by atoms with Gasteiger partial charge in [0.2, 0.25) is 21.8 Å². The molecule has 1 N–H and O–H groups in total. The molecule has 0 bridgehead atoms. The third-order valence-electron chi connectivity index (χ3n) is 5.90. The summed E-state index contributed by atoms with van der Waals surface area (Å²) in [6.07, 6.45) is 2.33. The number of aryl methyl sites for hydroxylation is 1. The molecule has 0 aliphatic carbocycles. The number of hydrogen-bond donors (Lipinski definition) is 1. The quantitative estimate of drug-likeness (QED) is 0.431. The molecule has 2 aromatic rings. The summed E-state index contributed by atoms with van der Waals surface area (Å²) in [4.78, 5) is 27.5. The van der Waals surface area contributed by atoms with Gasteiger partial charge >= 0.3 is 0 Å². The van der Waals surface area contributed by atoms with Crippen molar-refractivity contribution in [3.8, 4) is 0 Å². The van der Waals surface area contributed by atoms with E-state index in [0.29, 0.717) is 17.8 Å². The Hall–Kier alpha value is -2.94. The van der Waals surface area contributed by atoms with Gasteiger partial charge in [0.15, 0.2) is 0 Å². The highest BCUT2D eigenvalue weighted by Gasteiger charge is 2.26. The molecule has 2 rings (SSSR count). The Bertz CT molecular complexity index is 1100. The summed E-state index contributed by atoms with van der Waals surface area (Å²) in [7, 11) is -3.54. The first-order valence-corrected chi connectivity index (χ1v) is 14.2. The van der Waals surface area contributed by atoms with Crippen LogP contribution in [0.2, 0.25) is 0 Å². The van der Waals surface area contributed by atoms with Crippen LogP contribution in [0.25, 0.3) is 0 Å². The third kappa shape index (κ3) is 8.93. The average molecular weight is 520 g/mol. The number of nitrogens with one attached hydrogen (secondary N) is 1. The lowest BCUT2D eigenvalue weighted by Crippen LogP contribution is -2.48. The van der Waals surface area contributed by atoms with E-state index in [0.717, 1.165) is 18.2 Å². The highest BCUT2D eigenvalue weighted by Crippen LogP contribution is 2.20. The second-order valence-corrected chi connectivity index (χ2v) is 11.3. The van der Waals surface area contributed by atoms with Gasteiger partial charge in [-0.1, -0.05) is 45.0 Å². The topological polar surface area (TPSA) is 86.8 Å². The van der Waals surface area contributed by atoms with Gasteiger partial charge in [-0.2, -0.15) is 0 Å². The van der Waals surface area contributed by atoms with Crippen LogP contribution in [0, 0.1) is 11.7 Å². The van der Waals surface area contributed by atoms with E-state index in [1.807, 2.05) is 32.9 Å². The van der Waals surface area contributed by atoms with E-state index in [9.17, 15) is 22.4 Å². The van der Waals surface area contributed by atoms with Crippen LogP contribution in [0.4, 0.5) is 10.1 Å². The lowest BCUT2D eigenvalue weighted by atomic mass is 10.1. The number of amides is 2. The molecule has 1 atom stereocenters. The predicted molar refractivity (Wildman–Crippen MR) is 142 cm³/mol. The van der Waals surface area contributed by atoms with Gasteiger partial charge < -0.3 is 10.2 Å². The Kier molecular flexibility index (Phi) is 10.9. The third-order valence-corrected chi connectivity index (χ3v) is 7.10. The van der Waals surface area contributed by atoms with E-state index in [4.69, 9.17) is 0 Å². The van der Waals surface area contributed by atoms with Gasteiger partial charge in [0.25, 0.3) is 0 Å². The van der Waals surface area contributed by atoms with Crippen molar-refractivity contribution in [1.82, 2.24) is 10.2 Å². The molecule has 1 unspecified atom stereocenters. The Morgan fingerprint density at radius 1 is 0.972 bits per heavy atom. The fourth-order valence-corrected chi connectivity index (χ4v) is 4.69. The van der Waals surface area contributed by atoms with Gasteiger partial charge in [0.05, 0.1) is 11.9 Å². The van der Waals surface area contributed by atoms with Crippen molar-refractivity contribution in [3.63, 3.8) is 0 Å². The van der Waals surface area contributed by atoms with E-state index in [2.05, 4.69) is 5.32 Å². The maximum absolute atomic E-state index is 13.4. The summed E-state index contributed by atoms with van der Waals surface area (Å²) < 4.78 is 39.5. The van der Waals surface area contributed by atoms with E-state index in [-0.39, 0.29) is 49.5 Å². The molecule has 2 aromatic carbocycles. The van der Waals surface area contributed by atoms with E-state index in [1.165, 1.54) is 21.3 Å². The number of rotatable bonds is 13. The number of halogens is 1. The number of anilines is 1. The van der Waals surface area contributed by atoms with Crippen LogP contribution in [0.3, 0.4) is 0 Å². The molecule has 0 aliphatic heterocycles. The van der Waals surface area contributed by atoms with E-state index < -0.39 is 16.1 Å². The molecule has 9 heteroatoms. The molecule has 0 aliphatic rings. The van der Waals surface area contributed by atoms with Gasteiger partial charge in [-0.05, 0) is 61.1 Å². The van der Waals surface area contributed by atoms with Crippen molar-refractivity contribution < 1.29 is 22.4 Å². The average Bonchev–Trinajstić information content (AvgIpc) is 2.83. The van der Waals surface area contributed by atoms with Crippen molar-refractivity contribution in [2.45, 2.75) is 59.5 Å². The molecule has 2 amide bonds. The smallest absolute Gasteiger partial charge is 0.242 e. The standard InChI is InChI=1S/C27H38FN3O4S/c1-6-22-11-15-25(16-12-22)31(36(5,34)35)17-7-8-26(32)30(19-23-9-13-24(28)14-10-23)21(4)27(33)29-18-20(2)3/h9-16,20-21H,6-8,17-19H2,1-5H3,(H,29,33). The molecule has 0 saturated heterocycles. The Morgan fingerprint density at radius 2 is 1.56 bits per heavy atom. The molecule has 198 valence electrons. The van der Waals surface area contributed by atoms with Crippen molar-refractivity contribution in [2.75, 3.05) is 23.7 Å². The van der Waals surface area contributed by atoms with Crippen LogP contribution in [0.1, 0.15) is 51.7 Å². The van der Waals surface area contributed by atoms with Crippen molar-refractivity contribution in [2.24, 2.45) is 5.92 Å². The first-order chi connectivity index (χ1) is 16.9. The molecule has 0 heterocycles. The summed E-state index contributed by atoms with van der Waals surface area (Å²) in [5.41, 5.74) is 2.34. The SMILES string of the molecule is CCc1ccc(N(CCCC(=O)N(Cc2ccc(F)cc2)C(C)C(=O)NCC(C)C)S(C)(=O)=O)cc1. The number of nitrogens with zero attached hydrogens (tertiary/aromatic N) is 2. The van der Waals surface area contributed by atoms with Crippen LogP contribution in [-0.2, 0) is 32.6 Å². The second-order valence-electron chi connectivity index (χ2n) is 9.42. The highest BCUT2D eigenvalue weighted by atomic mass is 32.2. The Labute approximate surface area is 214 Å². The van der Waals surface area contributed by atoms with Gasteiger partial charge in [-0.25, -0.2) is 12.8 Å². The van der Waals surface area contributed by atoms with Gasteiger partial charge in [-0.15, -0.1) is 0 Å². The zero-order valence-corrected chi connectivity index (χ0v) is 22.6. The number of carbonyl (C=O) groups excluding carboxylic acids is 2. The van der Waals surface area contributed by atoms with E-state index in [1.54, 1.807) is 31.2 Å². The van der Waals surface area contributed by atoms with Crippen molar-refractivity contribution >= 4 is 27.5 Å². The minimum absolute atomic E-state index is 0.0576. The summed E-state index contributed by atoms with van der Waals surface area (Å²) in [6, 6.07) is 12.4. The number of hydrogen-bond acceptors (Lipinski definition) is 4. The van der Waals surface area contributed by atoms with Gasteiger partial charge in [-0.3, -0.25) is 13.9 Å². The first kappa shape index (κ1) is 29.3. The molecule has 36 heavy (non-hydrogen) atoms. The van der Waals surface area contributed by atoms with Crippen LogP contribution < -0.4 is 9.62 Å². The van der Waals surface area contributed by atoms with Gasteiger partial charge in [0, 0.05) is 26.1 Å². The van der Waals surface area contributed by atoms with Crippen LogP contribution in [0.5, 0.6) is 0 Å². The molecule has 0 saturated carbocycles. The molecule has 0 radical (unpaired) electrons. The maximum atomic E-state index is 13.4. The van der Waals surface area contributed by atoms with E-state index >= 15 is 0 Å². The fourth-order valence-electron chi connectivity index (χ4n) is 3.72. The van der Waals surface area contributed by atoms with Crippen molar-refractivity contribution in [1.29, 1.82) is 0 Å². The van der Waals surface area contributed by atoms with Crippen LogP contribution in [0.15, 0.2) is 48.5 Å². The maximum Gasteiger partial charge on any atom is 0.242 e. The van der Waals surface area contributed by atoms with Gasteiger partial charge in [0.1, 0.15) is 11.9 Å². The van der Waals surface area contributed by atoms with Crippen LogP contribution in [-0.4, -0.2) is 50.5 Å². The lowest BCUT2D eigenvalue weighted by Gasteiger charge is -2.29. The summed E-state index contributed by atoms with van der Waals surface area (Å²) in [6.45, 7) is 8.41. The summed E-state index contributed by atoms with van der Waals surface area (Å²) in [5, 5.41) is 2.86. The monoisotopic (exact) mass is 519 g/mol. The zero-order valence-electron chi connectivity index (χ0n) is 21.8. The lowest BCUT2D eigenvalue weighted by molar-refractivity contribution is -0.140. The second kappa shape index (κ2) is 13.4. The number of sulfonamides is 1. The first-order valence-electron chi connectivity index (χ1n) is 12.3. The molecular formula is C27H38FN3O4S. The predicted octanol–water partition coefficient (Wildman–Crippen LogP) is 4.12. The minimum Gasteiger partial charge on any atom is -0.354 e. The fraction of sp³-hybridized carbons (Fsp3) is 0.481. The number of benzene rings is 2. The Morgan fingerprint density at radius 3 is 2.08 bits per heavy atom. The Balaban J connectivity index is 2.14. The highest BCUT2D eigenvalue weighted by molar-refractivity contribution is 7.92. The molecule has 0 fully saturated rings.